The molecule has 0 aliphatic carbocycles. The molecular weight excluding hydrogens is 266 g/mol. The first-order valence-electron chi connectivity index (χ1n) is 7.89. The van der Waals surface area contributed by atoms with Crippen molar-refractivity contribution in [3.8, 4) is 0 Å². The molecule has 2 saturated heterocycles. The van der Waals surface area contributed by atoms with Gasteiger partial charge in [0.2, 0.25) is 0 Å². The molecule has 1 N–H and O–H groups in total. The summed E-state index contributed by atoms with van der Waals surface area (Å²) >= 11 is 0. The maximum atomic E-state index is 11.0. The third kappa shape index (κ3) is 2.24. The van der Waals surface area contributed by atoms with Gasteiger partial charge in [0.1, 0.15) is 11.7 Å². The Labute approximate surface area is 125 Å². The lowest BCUT2D eigenvalue weighted by molar-refractivity contribution is -0.385. The third-order valence-electron chi connectivity index (χ3n) is 5.48. The second-order valence-corrected chi connectivity index (χ2v) is 6.52. The molecule has 5 nitrogen and oxygen atoms in total. The lowest BCUT2D eigenvalue weighted by Crippen LogP contribution is -2.59. The van der Waals surface area contributed by atoms with E-state index in [2.05, 4.69) is 18.3 Å². The molecule has 0 saturated carbocycles. The molecule has 1 aromatic rings. The van der Waals surface area contributed by atoms with E-state index in [0.29, 0.717) is 12.1 Å². The van der Waals surface area contributed by atoms with Crippen molar-refractivity contribution in [2.75, 3.05) is 19.6 Å². The van der Waals surface area contributed by atoms with Crippen molar-refractivity contribution in [1.82, 2.24) is 9.80 Å². The molecule has 2 heterocycles. The number of nitro groups is 1. The molecule has 3 atom stereocenters. The average Bonchev–Trinajstić information content (AvgIpc) is 3.07. The van der Waals surface area contributed by atoms with Crippen LogP contribution in [0.2, 0.25) is 0 Å². The number of likely N-dealkylation sites (tertiary alicyclic amines) is 1. The van der Waals surface area contributed by atoms with Gasteiger partial charge in [-0.15, -0.1) is 0 Å². The van der Waals surface area contributed by atoms with Crippen molar-refractivity contribution in [2.45, 2.75) is 45.2 Å². The predicted octanol–water partition coefficient (Wildman–Crippen LogP) is 2.75. The van der Waals surface area contributed by atoms with E-state index in [9.17, 15) is 10.1 Å². The highest BCUT2D eigenvalue weighted by Crippen LogP contribution is 2.40. The normalized spacial score (nSPS) is 32.5. The first-order valence-corrected chi connectivity index (χ1v) is 7.89. The summed E-state index contributed by atoms with van der Waals surface area (Å²) in [6, 6.07) is 6.93. The first kappa shape index (κ1) is 14.5. The number of nitro benzene ring substituents is 1. The van der Waals surface area contributed by atoms with E-state index in [4.69, 9.17) is 0 Å². The molecule has 114 valence electrons. The lowest BCUT2D eigenvalue weighted by Gasteiger charge is -2.43. The Morgan fingerprint density at radius 1 is 1.38 bits per heavy atom. The van der Waals surface area contributed by atoms with Gasteiger partial charge < -0.3 is 5.32 Å². The fourth-order valence-electron chi connectivity index (χ4n) is 4.37. The first-order chi connectivity index (χ1) is 10.1. The molecule has 0 bridgehead atoms. The van der Waals surface area contributed by atoms with E-state index >= 15 is 0 Å². The zero-order valence-electron chi connectivity index (χ0n) is 12.8. The smallest absolute Gasteiger partial charge is 0.272 e. The number of hydrogen-bond donors (Lipinski definition) is 1. The molecular formula is C16H24N3O2+. The van der Waals surface area contributed by atoms with Crippen LogP contribution in [-0.2, 0) is 0 Å². The second-order valence-electron chi connectivity index (χ2n) is 6.52. The van der Waals surface area contributed by atoms with E-state index in [-0.39, 0.29) is 10.6 Å². The van der Waals surface area contributed by atoms with Crippen LogP contribution in [0.15, 0.2) is 18.2 Å². The Kier molecular flexibility index (Phi) is 3.71. The number of benzene rings is 1. The molecule has 21 heavy (non-hydrogen) atoms. The van der Waals surface area contributed by atoms with E-state index in [1.54, 1.807) is 6.07 Å². The molecule has 0 radical (unpaired) electrons. The van der Waals surface area contributed by atoms with Gasteiger partial charge in [-0.25, -0.2) is 0 Å². The van der Waals surface area contributed by atoms with E-state index in [1.807, 2.05) is 13.0 Å². The number of quaternary nitrogens is 1. The van der Waals surface area contributed by atoms with Crippen LogP contribution in [0.5, 0.6) is 0 Å². The Bertz CT molecular complexity index is 554. The van der Waals surface area contributed by atoms with E-state index in [0.717, 1.165) is 29.7 Å². The van der Waals surface area contributed by atoms with E-state index < -0.39 is 0 Å². The maximum Gasteiger partial charge on any atom is 0.272 e. The van der Waals surface area contributed by atoms with Gasteiger partial charge in [-0.2, -0.15) is 0 Å². The van der Waals surface area contributed by atoms with Gasteiger partial charge in [-0.1, -0.05) is 0 Å². The Hall–Kier alpha value is -1.46. The van der Waals surface area contributed by atoms with Gasteiger partial charge >= 0.3 is 0 Å². The highest BCUT2D eigenvalue weighted by atomic mass is 16.6. The van der Waals surface area contributed by atoms with Crippen LogP contribution in [0.1, 0.15) is 31.7 Å². The molecule has 1 aromatic carbocycles. The Balaban J connectivity index is 2.05. The monoisotopic (exact) mass is 290 g/mol. The van der Waals surface area contributed by atoms with Gasteiger partial charge in [0, 0.05) is 56.1 Å². The number of aryl methyl sites for hydroxylation is 1. The number of nitrogens with zero attached hydrogens (tertiary/aromatic N) is 2. The summed E-state index contributed by atoms with van der Waals surface area (Å²) < 4.78 is 1.01. The molecule has 2 aliphatic rings. The highest BCUT2D eigenvalue weighted by Gasteiger charge is 2.48. The minimum atomic E-state index is -0.284. The number of nitrogens with one attached hydrogen (secondary N) is 1. The topological polar surface area (TPSA) is 55.2 Å². The van der Waals surface area contributed by atoms with Crippen LogP contribution in [-0.4, -0.2) is 36.6 Å². The van der Waals surface area contributed by atoms with Crippen LogP contribution in [0.3, 0.4) is 0 Å². The summed E-state index contributed by atoms with van der Waals surface area (Å²) in [4.78, 5) is 10.8. The zero-order chi connectivity index (χ0) is 15.0. The molecule has 2 fully saturated rings. The number of hydrogen-bond acceptors (Lipinski definition) is 3. The van der Waals surface area contributed by atoms with Gasteiger partial charge in [-0.3, -0.25) is 14.6 Å². The van der Waals surface area contributed by atoms with Crippen LogP contribution in [0.4, 0.5) is 11.4 Å². The van der Waals surface area contributed by atoms with Gasteiger partial charge in [0.05, 0.1) is 17.5 Å². The summed E-state index contributed by atoms with van der Waals surface area (Å²) in [5, 5.41) is 14.5. The van der Waals surface area contributed by atoms with Crippen molar-refractivity contribution in [1.29, 1.82) is 0 Å². The lowest BCUT2D eigenvalue weighted by atomic mass is 10.0. The third-order valence-corrected chi connectivity index (χ3v) is 5.48. The highest BCUT2D eigenvalue weighted by molar-refractivity contribution is 5.54. The minimum absolute atomic E-state index is 0.230. The molecule has 2 aliphatic heterocycles. The second kappa shape index (κ2) is 5.39. The minimum Gasteiger partial charge on any atom is -0.311 e. The van der Waals surface area contributed by atoms with Crippen molar-refractivity contribution < 1.29 is 4.92 Å². The van der Waals surface area contributed by atoms with Gasteiger partial charge in [0.15, 0.2) is 0 Å². The van der Waals surface area contributed by atoms with Crippen LogP contribution in [0.25, 0.3) is 0 Å². The summed E-state index contributed by atoms with van der Waals surface area (Å²) in [6.45, 7) is 7.49. The van der Waals surface area contributed by atoms with E-state index in [1.165, 1.54) is 24.9 Å². The van der Waals surface area contributed by atoms with Crippen molar-refractivity contribution in [2.24, 2.45) is 0 Å². The van der Waals surface area contributed by atoms with Crippen LogP contribution in [0, 0.1) is 17.0 Å². The quantitative estimate of drug-likeness (QED) is 0.529. The summed E-state index contributed by atoms with van der Waals surface area (Å²) in [7, 11) is 0. The Morgan fingerprint density at radius 3 is 2.71 bits per heavy atom. The zero-order valence-corrected chi connectivity index (χ0v) is 12.8. The summed E-state index contributed by atoms with van der Waals surface area (Å²) in [5.41, 5.74) is 2.27. The van der Waals surface area contributed by atoms with Gasteiger partial charge in [-0.05, 0) is 13.8 Å². The molecule has 0 amide bonds. The van der Waals surface area contributed by atoms with Crippen molar-refractivity contribution >= 4 is 11.4 Å². The summed E-state index contributed by atoms with van der Waals surface area (Å²) in [6.07, 6.45) is 3.68. The fourth-order valence-corrected chi connectivity index (χ4v) is 4.37. The molecule has 0 aromatic heterocycles. The van der Waals surface area contributed by atoms with Crippen molar-refractivity contribution in [3.63, 3.8) is 0 Å². The fraction of sp³-hybridized carbons (Fsp3) is 0.625. The molecule has 1 unspecified atom stereocenters. The van der Waals surface area contributed by atoms with Crippen LogP contribution < -0.4 is 9.80 Å². The average molecular weight is 290 g/mol. The molecule has 5 heteroatoms. The maximum absolute atomic E-state index is 11.0. The predicted molar refractivity (Wildman–Crippen MR) is 84.5 cm³/mol. The largest absolute Gasteiger partial charge is 0.311 e. The number of rotatable bonds is 3. The van der Waals surface area contributed by atoms with Crippen molar-refractivity contribution in [3.05, 3.63) is 33.9 Å². The molecule has 3 rings (SSSR count). The summed E-state index contributed by atoms with van der Waals surface area (Å²) in [5.74, 6) is 0. The van der Waals surface area contributed by atoms with Crippen LogP contribution >= 0.6 is 0 Å². The standard InChI is InChI=1S/C16H24N3O2/c1-12-10-14(5-6-16(12)18(20)21)19(9-3-4-13(19)2)15-7-8-17-11-15/h5-6,10,13,15,17H,3-4,7-9,11H2,1-2H3/q+1/t13-,15+,19?/m1/s1. The van der Waals surface area contributed by atoms with Gasteiger partial charge in [0.25, 0.3) is 5.69 Å². The SMILES string of the molecule is Cc1cc([N+]2([C@H]3CCNC3)CCC[C@H]2C)ccc1[N+](=O)[O-]. The molecule has 0 spiro atoms. The Morgan fingerprint density at radius 2 is 2.19 bits per heavy atom.